The van der Waals surface area contributed by atoms with Gasteiger partial charge in [0.1, 0.15) is 11.6 Å². The number of ether oxygens (including phenoxy) is 1. The number of aryl methyl sites for hydroxylation is 2. The molecular weight excluding hydrogens is 450 g/mol. The van der Waals surface area contributed by atoms with Gasteiger partial charge in [-0.05, 0) is 57.0 Å². The summed E-state index contributed by atoms with van der Waals surface area (Å²) < 4.78 is 9.61. The Labute approximate surface area is 204 Å². The van der Waals surface area contributed by atoms with Gasteiger partial charge in [-0.3, -0.25) is 9.59 Å². The fourth-order valence-electron chi connectivity index (χ4n) is 3.90. The zero-order valence-electron chi connectivity index (χ0n) is 20.5. The van der Waals surface area contributed by atoms with E-state index in [0.717, 1.165) is 28.6 Å². The fraction of sp³-hybridized carbons (Fsp3) is 0.440. The van der Waals surface area contributed by atoms with E-state index in [1.165, 1.54) is 11.8 Å². The van der Waals surface area contributed by atoms with Gasteiger partial charge in [0.25, 0.3) is 0 Å². The van der Waals surface area contributed by atoms with Crippen LogP contribution in [0.2, 0.25) is 0 Å². The molecule has 0 atom stereocenters. The van der Waals surface area contributed by atoms with Crippen molar-refractivity contribution in [3.05, 3.63) is 53.1 Å². The summed E-state index contributed by atoms with van der Waals surface area (Å²) in [5.41, 5.74) is 8.88. The highest BCUT2D eigenvalue weighted by Gasteiger charge is 2.20. The predicted octanol–water partition coefficient (Wildman–Crippen LogP) is 4.13. The van der Waals surface area contributed by atoms with E-state index in [1.807, 2.05) is 55.7 Å². The van der Waals surface area contributed by atoms with Crippen molar-refractivity contribution in [3.63, 3.8) is 0 Å². The van der Waals surface area contributed by atoms with E-state index in [9.17, 15) is 9.59 Å². The lowest BCUT2D eigenvalue weighted by Crippen LogP contribution is -2.15. The van der Waals surface area contributed by atoms with Gasteiger partial charge < -0.3 is 19.6 Å². The highest BCUT2D eigenvalue weighted by molar-refractivity contribution is 7.99. The smallest absolute Gasteiger partial charge is 0.217 e. The van der Waals surface area contributed by atoms with E-state index < -0.39 is 0 Å². The molecule has 0 unspecified atom stereocenters. The van der Waals surface area contributed by atoms with Crippen LogP contribution in [0.25, 0.3) is 5.69 Å². The van der Waals surface area contributed by atoms with Crippen LogP contribution in [0.5, 0.6) is 5.75 Å². The number of primary amides is 1. The van der Waals surface area contributed by atoms with Crippen molar-refractivity contribution in [2.45, 2.75) is 59.2 Å². The monoisotopic (exact) mass is 483 g/mol. The van der Waals surface area contributed by atoms with Crippen LogP contribution in [0.15, 0.2) is 35.5 Å². The third-order valence-electron chi connectivity index (χ3n) is 5.41. The van der Waals surface area contributed by atoms with E-state index >= 15 is 0 Å². The van der Waals surface area contributed by atoms with Crippen molar-refractivity contribution in [2.24, 2.45) is 11.7 Å². The molecule has 0 aliphatic heterocycles. The number of carbonyl (C=O) groups excluding carboxylic acids is 2. The summed E-state index contributed by atoms with van der Waals surface area (Å²) in [4.78, 5) is 24.4. The molecule has 0 fully saturated rings. The Balaban J connectivity index is 1.77. The Morgan fingerprint density at radius 1 is 1.15 bits per heavy atom. The molecular formula is C25H33N5O3S. The highest BCUT2D eigenvalue weighted by atomic mass is 32.2. The van der Waals surface area contributed by atoms with Crippen molar-refractivity contribution in [1.29, 1.82) is 0 Å². The number of aromatic nitrogens is 4. The third kappa shape index (κ3) is 6.08. The normalized spacial score (nSPS) is 11.2. The molecule has 182 valence electrons. The van der Waals surface area contributed by atoms with E-state index in [4.69, 9.17) is 10.5 Å². The molecule has 3 aromatic rings. The second-order valence-electron chi connectivity index (χ2n) is 8.63. The summed E-state index contributed by atoms with van der Waals surface area (Å²) in [5.74, 6) is 1.82. The summed E-state index contributed by atoms with van der Waals surface area (Å²) in [7, 11) is 0. The zero-order chi connectivity index (χ0) is 24.8. The predicted molar refractivity (Wildman–Crippen MR) is 134 cm³/mol. The summed E-state index contributed by atoms with van der Waals surface area (Å²) >= 11 is 1.37. The van der Waals surface area contributed by atoms with Gasteiger partial charge >= 0.3 is 0 Å². The molecule has 34 heavy (non-hydrogen) atoms. The first-order valence-electron chi connectivity index (χ1n) is 11.5. The standard InChI is InChI=1S/C25H33N5O3S/c1-6-33-20-9-7-19(8-10-20)30-17(4)13-21(18(30)5)22(31)15-34-25-28-27-24(12-11-23(26)32)29(25)14-16(2)3/h7-10,13,16H,6,11-12,14-15H2,1-5H3,(H2,26,32). The van der Waals surface area contributed by atoms with Gasteiger partial charge in [0, 0.05) is 42.0 Å². The molecule has 0 radical (unpaired) electrons. The molecule has 2 N–H and O–H groups in total. The van der Waals surface area contributed by atoms with Crippen molar-refractivity contribution in [3.8, 4) is 11.4 Å². The van der Waals surface area contributed by atoms with Crippen LogP contribution in [-0.2, 0) is 17.8 Å². The lowest BCUT2D eigenvalue weighted by Gasteiger charge is -2.12. The van der Waals surface area contributed by atoms with Crippen LogP contribution in [0, 0.1) is 19.8 Å². The molecule has 0 saturated heterocycles. The van der Waals surface area contributed by atoms with Gasteiger partial charge in [-0.15, -0.1) is 10.2 Å². The number of thioether (sulfide) groups is 1. The fourth-order valence-corrected chi connectivity index (χ4v) is 4.75. The minimum absolute atomic E-state index is 0.0352. The summed E-state index contributed by atoms with van der Waals surface area (Å²) in [6.45, 7) is 11.5. The number of carbonyl (C=O) groups is 2. The first-order chi connectivity index (χ1) is 16.2. The van der Waals surface area contributed by atoms with Crippen molar-refractivity contribution in [1.82, 2.24) is 19.3 Å². The number of ketones is 1. The molecule has 0 spiro atoms. The van der Waals surface area contributed by atoms with Crippen LogP contribution in [0.1, 0.15) is 54.8 Å². The van der Waals surface area contributed by atoms with Crippen molar-refractivity contribution in [2.75, 3.05) is 12.4 Å². The minimum Gasteiger partial charge on any atom is -0.494 e. The van der Waals surface area contributed by atoms with Crippen LogP contribution in [0.4, 0.5) is 0 Å². The van der Waals surface area contributed by atoms with Crippen LogP contribution < -0.4 is 10.5 Å². The van der Waals surface area contributed by atoms with Gasteiger partial charge in [0.05, 0.1) is 12.4 Å². The molecule has 0 bridgehead atoms. The van der Waals surface area contributed by atoms with Crippen LogP contribution in [0.3, 0.4) is 0 Å². The average molecular weight is 484 g/mol. The minimum atomic E-state index is -0.369. The van der Waals surface area contributed by atoms with Gasteiger partial charge in [0.15, 0.2) is 10.9 Å². The number of amides is 1. The highest BCUT2D eigenvalue weighted by Crippen LogP contribution is 2.26. The molecule has 9 heteroatoms. The van der Waals surface area contributed by atoms with Gasteiger partial charge in [-0.25, -0.2) is 0 Å². The van der Waals surface area contributed by atoms with Crippen LogP contribution in [-0.4, -0.2) is 43.4 Å². The maximum Gasteiger partial charge on any atom is 0.217 e. The molecule has 8 nitrogen and oxygen atoms in total. The third-order valence-corrected chi connectivity index (χ3v) is 6.37. The zero-order valence-corrected chi connectivity index (χ0v) is 21.3. The first kappa shape index (κ1) is 25.6. The lowest BCUT2D eigenvalue weighted by atomic mass is 10.2. The summed E-state index contributed by atoms with van der Waals surface area (Å²) in [5, 5.41) is 9.21. The quantitative estimate of drug-likeness (QED) is 0.307. The largest absolute Gasteiger partial charge is 0.494 e. The number of nitrogens with two attached hydrogens (primary N) is 1. The molecule has 2 aromatic heterocycles. The molecule has 1 amide bonds. The van der Waals surface area contributed by atoms with Gasteiger partial charge in [-0.2, -0.15) is 0 Å². The lowest BCUT2D eigenvalue weighted by molar-refractivity contribution is -0.118. The Bertz CT molecular complexity index is 1150. The number of benzene rings is 1. The van der Waals surface area contributed by atoms with E-state index in [-0.39, 0.29) is 23.9 Å². The molecule has 1 aromatic carbocycles. The molecule has 0 aliphatic carbocycles. The summed E-state index contributed by atoms with van der Waals surface area (Å²) in [6.07, 6.45) is 0.657. The van der Waals surface area contributed by atoms with E-state index in [0.29, 0.717) is 36.2 Å². The van der Waals surface area contributed by atoms with Crippen molar-refractivity contribution < 1.29 is 14.3 Å². The Hall–Kier alpha value is -3.07. The first-order valence-corrected chi connectivity index (χ1v) is 12.5. The topological polar surface area (TPSA) is 105 Å². The second kappa shape index (κ2) is 11.4. The molecule has 3 rings (SSSR count). The van der Waals surface area contributed by atoms with E-state index in [1.54, 1.807) is 0 Å². The maximum atomic E-state index is 13.2. The maximum absolute atomic E-state index is 13.2. The van der Waals surface area contributed by atoms with Gasteiger partial charge in [-0.1, -0.05) is 25.6 Å². The van der Waals surface area contributed by atoms with Gasteiger partial charge in [0.2, 0.25) is 5.91 Å². The number of Topliss-reactive ketones (excluding diaryl/α,β-unsaturated/α-hetero) is 1. The SMILES string of the molecule is CCOc1ccc(-n2c(C)cc(C(=O)CSc3nnc(CCC(N)=O)n3CC(C)C)c2C)cc1. The second-order valence-corrected chi connectivity index (χ2v) is 9.57. The number of hydrogen-bond donors (Lipinski definition) is 1. The Morgan fingerprint density at radius 3 is 2.47 bits per heavy atom. The number of rotatable bonds is 12. The summed E-state index contributed by atoms with van der Waals surface area (Å²) in [6, 6.07) is 9.80. The number of hydrogen-bond acceptors (Lipinski definition) is 6. The van der Waals surface area contributed by atoms with Crippen molar-refractivity contribution >= 4 is 23.5 Å². The molecule has 0 aliphatic rings. The molecule has 2 heterocycles. The van der Waals surface area contributed by atoms with E-state index in [2.05, 4.69) is 28.6 Å². The average Bonchev–Trinajstić information content (AvgIpc) is 3.30. The molecule has 0 saturated carbocycles. The Kier molecular flexibility index (Phi) is 8.55. The Morgan fingerprint density at radius 2 is 1.85 bits per heavy atom. The van der Waals surface area contributed by atoms with Crippen LogP contribution >= 0.6 is 11.8 Å². The number of nitrogens with zero attached hydrogens (tertiary/aromatic N) is 4.